The Labute approximate surface area is 145 Å². The van der Waals surface area contributed by atoms with Crippen LogP contribution in [0.2, 0.25) is 0 Å². The molecule has 1 aromatic carbocycles. The lowest BCUT2D eigenvalue weighted by Gasteiger charge is -2.13. The number of para-hydroxylation sites is 1. The minimum Gasteiger partial charge on any atom is -0.352 e. The Morgan fingerprint density at radius 2 is 2.08 bits per heavy atom. The van der Waals surface area contributed by atoms with Gasteiger partial charge in [0.2, 0.25) is 5.91 Å². The highest BCUT2D eigenvalue weighted by Crippen LogP contribution is 2.21. The van der Waals surface area contributed by atoms with Crippen LogP contribution < -0.4 is 16.4 Å². The molecule has 2 amide bonds. The molecule has 0 fully saturated rings. The standard InChI is InChI=1S/C17H22N4O2S/c1-3-19-16(22)12-10-15(20-14-7-5-4-6-11(12)14)21-17(23)13(18)8-9-24-2/h4-7,10,13H,3,8-9,18H2,1-2H3,(H,19,22)(H,20,21,23). The van der Waals surface area contributed by atoms with E-state index in [1.807, 2.05) is 31.4 Å². The van der Waals surface area contributed by atoms with Crippen molar-refractivity contribution in [3.8, 4) is 0 Å². The number of carbonyl (C=O) groups excluding carboxylic acids is 2. The van der Waals surface area contributed by atoms with Gasteiger partial charge in [0, 0.05) is 11.9 Å². The number of nitrogens with one attached hydrogen (secondary N) is 2. The van der Waals surface area contributed by atoms with Gasteiger partial charge in [-0.05, 0) is 37.5 Å². The van der Waals surface area contributed by atoms with Gasteiger partial charge in [0.05, 0.1) is 17.1 Å². The summed E-state index contributed by atoms with van der Waals surface area (Å²) in [6, 6.07) is 8.32. The maximum absolute atomic E-state index is 12.3. The summed E-state index contributed by atoms with van der Waals surface area (Å²) in [4.78, 5) is 28.9. The average molecular weight is 346 g/mol. The molecule has 0 aliphatic carbocycles. The van der Waals surface area contributed by atoms with Crippen LogP contribution >= 0.6 is 11.8 Å². The number of fused-ring (bicyclic) bond motifs is 1. The molecule has 0 saturated heterocycles. The monoisotopic (exact) mass is 346 g/mol. The molecule has 1 unspecified atom stereocenters. The molecule has 0 aliphatic heterocycles. The van der Waals surface area contributed by atoms with Crippen LogP contribution in [0.3, 0.4) is 0 Å². The van der Waals surface area contributed by atoms with Crippen molar-refractivity contribution in [2.45, 2.75) is 19.4 Å². The number of aromatic nitrogens is 1. The third-order valence-electron chi connectivity index (χ3n) is 3.52. The molecule has 1 heterocycles. The number of anilines is 1. The van der Waals surface area contributed by atoms with Gasteiger partial charge < -0.3 is 16.4 Å². The van der Waals surface area contributed by atoms with E-state index >= 15 is 0 Å². The van der Waals surface area contributed by atoms with Crippen LogP contribution in [-0.4, -0.2) is 41.4 Å². The Morgan fingerprint density at radius 3 is 2.79 bits per heavy atom. The van der Waals surface area contributed by atoms with Gasteiger partial charge in [-0.3, -0.25) is 9.59 Å². The molecule has 2 rings (SSSR count). The van der Waals surface area contributed by atoms with Crippen LogP contribution in [0.25, 0.3) is 10.9 Å². The average Bonchev–Trinajstić information content (AvgIpc) is 2.59. The fraction of sp³-hybridized carbons (Fsp3) is 0.353. The Morgan fingerprint density at radius 1 is 1.33 bits per heavy atom. The molecular weight excluding hydrogens is 324 g/mol. The van der Waals surface area contributed by atoms with Crippen LogP contribution in [0.5, 0.6) is 0 Å². The van der Waals surface area contributed by atoms with Gasteiger partial charge in [0.15, 0.2) is 0 Å². The van der Waals surface area contributed by atoms with Gasteiger partial charge in [0.25, 0.3) is 5.91 Å². The van der Waals surface area contributed by atoms with E-state index in [1.165, 1.54) is 0 Å². The third-order valence-corrected chi connectivity index (χ3v) is 4.16. The molecule has 1 aromatic heterocycles. The Bertz CT molecular complexity index is 736. The smallest absolute Gasteiger partial charge is 0.252 e. The second-order valence-electron chi connectivity index (χ2n) is 5.31. The van der Waals surface area contributed by atoms with E-state index < -0.39 is 6.04 Å². The molecular formula is C17H22N4O2S. The summed E-state index contributed by atoms with van der Waals surface area (Å²) in [5.41, 5.74) is 7.01. The second-order valence-corrected chi connectivity index (χ2v) is 6.29. The third kappa shape index (κ3) is 4.46. The van der Waals surface area contributed by atoms with E-state index in [0.29, 0.717) is 29.9 Å². The lowest BCUT2D eigenvalue weighted by molar-refractivity contribution is -0.117. The number of nitrogens with two attached hydrogens (primary N) is 1. The fourth-order valence-corrected chi connectivity index (χ4v) is 2.77. The van der Waals surface area contributed by atoms with Gasteiger partial charge in [-0.1, -0.05) is 18.2 Å². The van der Waals surface area contributed by atoms with Crippen molar-refractivity contribution in [1.29, 1.82) is 0 Å². The summed E-state index contributed by atoms with van der Waals surface area (Å²) in [7, 11) is 0. The van der Waals surface area contributed by atoms with Crippen LogP contribution in [0.15, 0.2) is 30.3 Å². The number of nitrogens with zero attached hydrogens (tertiary/aromatic N) is 1. The quantitative estimate of drug-likeness (QED) is 0.712. The molecule has 0 spiro atoms. The number of rotatable bonds is 7. The highest BCUT2D eigenvalue weighted by Gasteiger charge is 2.17. The highest BCUT2D eigenvalue weighted by atomic mass is 32.2. The second kappa shape index (κ2) is 8.65. The minimum atomic E-state index is -0.598. The molecule has 128 valence electrons. The molecule has 6 nitrogen and oxygen atoms in total. The van der Waals surface area contributed by atoms with Crippen LogP contribution in [0.1, 0.15) is 23.7 Å². The van der Waals surface area contributed by atoms with Crippen molar-refractivity contribution in [3.63, 3.8) is 0 Å². The molecule has 2 aromatic rings. The number of carbonyl (C=O) groups is 2. The number of hydrogen-bond donors (Lipinski definition) is 3. The predicted octanol–water partition coefficient (Wildman–Crippen LogP) is 2.00. The summed E-state index contributed by atoms with van der Waals surface area (Å²) < 4.78 is 0. The zero-order chi connectivity index (χ0) is 17.5. The first kappa shape index (κ1) is 18.2. The van der Waals surface area contributed by atoms with Crippen molar-refractivity contribution >= 4 is 40.3 Å². The largest absolute Gasteiger partial charge is 0.352 e. The Balaban J connectivity index is 2.30. The molecule has 0 radical (unpaired) electrons. The van der Waals surface area contributed by atoms with Gasteiger partial charge in [0.1, 0.15) is 5.82 Å². The maximum Gasteiger partial charge on any atom is 0.252 e. The first-order chi connectivity index (χ1) is 11.6. The maximum atomic E-state index is 12.3. The molecule has 0 saturated carbocycles. The van der Waals surface area contributed by atoms with Crippen molar-refractivity contribution in [2.24, 2.45) is 5.73 Å². The van der Waals surface area contributed by atoms with Gasteiger partial charge >= 0.3 is 0 Å². The first-order valence-corrected chi connectivity index (χ1v) is 9.19. The van der Waals surface area contributed by atoms with Gasteiger partial charge in [-0.2, -0.15) is 11.8 Å². The van der Waals surface area contributed by atoms with E-state index in [4.69, 9.17) is 5.73 Å². The van der Waals surface area contributed by atoms with E-state index in [2.05, 4.69) is 15.6 Å². The Hall–Kier alpha value is -2.12. The summed E-state index contributed by atoms with van der Waals surface area (Å²) in [6.45, 7) is 2.38. The van der Waals surface area contributed by atoms with Crippen molar-refractivity contribution in [2.75, 3.05) is 23.9 Å². The predicted molar refractivity (Wildman–Crippen MR) is 99.4 cm³/mol. The molecule has 4 N–H and O–H groups in total. The minimum absolute atomic E-state index is 0.196. The number of benzene rings is 1. The van der Waals surface area contributed by atoms with Crippen molar-refractivity contribution in [1.82, 2.24) is 10.3 Å². The van der Waals surface area contributed by atoms with Gasteiger partial charge in [-0.25, -0.2) is 4.98 Å². The highest BCUT2D eigenvalue weighted by molar-refractivity contribution is 7.98. The fourth-order valence-electron chi connectivity index (χ4n) is 2.28. The Kier molecular flexibility index (Phi) is 6.57. The normalized spacial score (nSPS) is 12.0. The molecule has 0 bridgehead atoms. The lowest BCUT2D eigenvalue weighted by Crippen LogP contribution is -2.36. The topological polar surface area (TPSA) is 97.1 Å². The molecule has 24 heavy (non-hydrogen) atoms. The lowest BCUT2D eigenvalue weighted by atomic mass is 10.1. The van der Waals surface area contributed by atoms with Crippen LogP contribution in [0, 0.1) is 0 Å². The van der Waals surface area contributed by atoms with Crippen molar-refractivity contribution < 1.29 is 9.59 Å². The van der Waals surface area contributed by atoms with E-state index in [0.717, 1.165) is 11.1 Å². The van der Waals surface area contributed by atoms with E-state index in [9.17, 15) is 9.59 Å². The zero-order valence-corrected chi connectivity index (χ0v) is 14.7. The van der Waals surface area contributed by atoms with Gasteiger partial charge in [-0.15, -0.1) is 0 Å². The van der Waals surface area contributed by atoms with Crippen molar-refractivity contribution in [3.05, 3.63) is 35.9 Å². The first-order valence-electron chi connectivity index (χ1n) is 7.80. The summed E-state index contributed by atoms with van der Waals surface area (Å²) in [5.74, 6) is 0.649. The number of thioether (sulfide) groups is 1. The SMILES string of the molecule is CCNC(=O)c1cc(NC(=O)C(N)CCSC)nc2ccccc12. The number of pyridine rings is 1. The van der Waals surface area contributed by atoms with E-state index in [1.54, 1.807) is 23.9 Å². The molecule has 0 aliphatic rings. The zero-order valence-electron chi connectivity index (χ0n) is 13.8. The van der Waals surface area contributed by atoms with Crippen LogP contribution in [0.4, 0.5) is 5.82 Å². The molecule has 7 heteroatoms. The molecule has 1 atom stereocenters. The summed E-state index contributed by atoms with van der Waals surface area (Å²) in [6.07, 6.45) is 2.55. The van der Waals surface area contributed by atoms with E-state index in [-0.39, 0.29) is 11.8 Å². The number of amides is 2. The summed E-state index contributed by atoms with van der Waals surface area (Å²) in [5, 5.41) is 6.24. The van der Waals surface area contributed by atoms with Crippen LogP contribution in [-0.2, 0) is 4.79 Å². The number of hydrogen-bond acceptors (Lipinski definition) is 5. The summed E-state index contributed by atoms with van der Waals surface area (Å²) >= 11 is 1.64.